The number of rotatable bonds is 4. The lowest BCUT2D eigenvalue weighted by Gasteiger charge is -2.20. The number of anilines is 2. The van der Waals surface area contributed by atoms with Gasteiger partial charge >= 0.3 is 0 Å². The van der Waals surface area contributed by atoms with Crippen molar-refractivity contribution < 1.29 is 8.42 Å². The Bertz CT molecular complexity index is 975. The second-order valence-corrected chi connectivity index (χ2v) is 8.95. The first kappa shape index (κ1) is 16.8. The van der Waals surface area contributed by atoms with Crippen molar-refractivity contribution in [3.63, 3.8) is 0 Å². The van der Waals surface area contributed by atoms with Gasteiger partial charge in [-0.2, -0.15) is 0 Å². The van der Waals surface area contributed by atoms with Gasteiger partial charge < -0.3 is 5.32 Å². The van der Waals surface area contributed by atoms with Crippen LogP contribution in [-0.2, 0) is 10.0 Å². The van der Waals surface area contributed by atoms with E-state index in [0.717, 1.165) is 10.2 Å². The normalized spacial score (nSPS) is 12.5. The van der Waals surface area contributed by atoms with Crippen molar-refractivity contribution in [1.29, 1.82) is 0 Å². The van der Waals surface area contributed by atoms with Crippen molar-refractivity contribution in [3.8, 4) is 0 Å². The van der Waals surface area contributed by atoms with Crippen LogP contribution in [0.2, 0.25) is 0 Å². The number of thiophene rings is 1. The molecule has 0 unspecified atom stereocenters. The molecule has 0 saturated carbocycles. The molecule has 0 saturated heterocycles. The first-order valence-electron chi connectivity index (χ1n) is 7.34. The number of hydrogen-bond donors (Lipinski definition) is 2. The molecule has 1 aromatic carbocycles. The summed E-state index contributed by atoms with van der Waals surface area (Å²) in [6, 6.07) is 8.60. The van der Waals surface area contributed by atoms with Crippen molar-refractivity contribution in [2.24, 2.45) is 0 Å². The third-order valence-corrected chi connectivity index (χ3v) is 5.69. The average Bonchev–Trinajstić information content (AvgIpc) is 2.95. The van der Waals surface area contributed by atoms with Crippen molar-refractivity contribution in [2.45, 2.75) is 31.2 Å². The van der Waals surface area contributed by atoms with E-state index in [9.17, 15) is 8.42 Å². The van der Waals surface area contributed by atoms with E-state index in [1.807, 2.05) is 11.4 Å². The number of sulfonamides is 1. The van der Waals surface area contributed by atoms with E-state index in [-0.39, 0.29) is 4.90 Å². The van der Waals surface area contributed by atoms with Gasteiger partial charge in [0.25, 0.3) is 0 Å². The molecule has 2 N–H and O–H groups in total. The molecule has 0 atom stereocenters. The van der Waals surface area contributed by atoms with E-state index < -0.39 is 15.6 Å². The molecular weight excluding hydrogens is 344 g/mol. The molecule has 0 spiro atoms. The third-order valence-electron chi connectivity index (χ3n) is 3.11. The largest absolute Gasteiger partial charge is 0.340 e. The van der Waals surface area contributed by atoms with Crippen LogP contribution in [0.1, 0.15) is 20.8 Å². The quantitative estimate of drug-likeness (QED) is 0.742. The Labute approximate surface area is 145 Å². The topological polar surface area (TPSA) is 84.0 Å². The fourth-order valence-corrected chi connectivity index (χ4v) is 4.43. The minimum Gasteiger partial charge on any atom is -0.340 e. The van der Waals surface area contributed by atoms with E-state index in [1.165, 1.54) is 17.7 Å². The van der Waals surface area contributed by atoms with Crippen molar-refractivity contribution in [3.05, 3.63) is 42.0 Å². The highest BCUT2D eigenvalue weighted by atomic mass is 32.2. The molecule has 0 aliphatic heterocycles. The predicted octanol–water partition coefficient (Wildman–Crippen LogP) is 3.51. The average molecular weight is 362 g/mol. The lowest BCUT2D eigenvalue weighted by atomic mass is 10.1. The van der Waals surface area contributed by atoms with Gasteiger partial charge in [-0.05, 0) is 50.4 Å². The standard InChI is InChI=1S/C16H18N4O2S2/c1-16(2,3)20-24(21,22)12-6-4-5-11(9-12)19-14-13-7-8-23-15(13)18-10-17-14/h4-10,20H,1-3H3,(H,17,18,19). The van der Waals surface area contributed by atoms with Crippen LogP contribution in [0.5, 0.6) is 0 Å². The second kappa shape index (κ2) is 6.12. The summed E-state index contributed by atoms with van der Waals surface area (Å²) in [5.74, 6) is 0.652. The summed E-state index contributed by atoms with van der Waals surface area (Å²) in [6.45, 7) is 5.42. The summed E-state index contributed by atoms with van der Waals surface area (Å²) in [5, 5.41) is 6.02. The fraction of sp³-hybridized carbons (Fsp3) is 0.250. The maximum Gasteiger partial charge on any atom is 0.241 e. The van der Waals surface area contributed by atoms with Crippen LogP contribution in [0.15, 0.2) is 46.9 Å². The van der Waals surface area contributed by atoms with Gasteiger partial charge in [0.15, 0.2) is 0 Å². The van der Waals surface area contributed by atoms with Gasteiger partial charge in [-0.1, -0.05) is 6.07 Å². The van der Waals surface area contributed by atoms with E-state index in [1.54, 1.807) is 45.0 Å². The summed E-state index contributed by atoms with van der Waals surface area (Å²) >= 11 is 1.53. The molecule has 0 aliphatic carbocycles. The predicted molar refractivity (Wildman–Crippen MR) is 97.2 cm³/mol. The summed E-state index contributed by atoms with van der Waals surface area (Å²) in [4.78, 5) is 9.53. The minimum atomic E-state index is -3.59. The van der Waals surface area contributed by atoms with Crippen molar-refractivity contribution >= 4 is 43.1 Å². The van der Waals surface area contributed by atoms with Crippen LogP contribution in [-0.4, -0.2) is 23.9 Å². The first-order chi connectivity index (χ1) is 11.2. The van der Waals surface area contributed by atoms with Crippen molar-refractivity contribution in [1.82, 2.24) is 14.7 Å². The van der Waals surface area contributed by atoms with Crippen LogP contribution in [0.25, 0.3) is 10.2 Å². The van der Waals surface area contributed by atoms with Gasteiger partial charge in [-0.3, -0.25) is 0 Å². The zero-order valence-electron chi connectivity index (χ0n) is 13.6. The molecular formula is C16H18N4O2S2. The Balaban J connectivity index is 1.93. The van der Waals surface area contributed by atoms with E-state index in [4.69, 9.17) is 0 Å². The Hall–Kier alpha value is -2.03. The lowest BCUT2D eigenvalue weighted by Crippen LogP contribution is -2.40. The Morgan fingerprint density at radius 1 is 1.12 bits per heavy atom. The fourth-order valence-electron chi connectivity index (χ4n) is 2.23. The molecule has 0 aliphatic rings. The molecule has 0 bridgehead atoms. The molecule has 126 valence electrons. The van der Waals surface area contributed by atoms with Crippen LogP contribution < -0.4 is 10.0 Å². The molecule has 24 heavy (non-hydrogen) atoms. The maximum absolute atomic E-state index is 12.5. The molecule has 0 fully saturated rings. The number of nitrogens with zero attached hydrogens (tertiary/aromatic N) is 2. The zero-order chi connectivity index (χ0) is 17.4. The number of fused-ring (bicyclic) bond motifs is 1. The number of nitrogens with one attached hydrogen (secondary N) is 2. The zero-order valence-corrected chi connectivity index (χ0v) is 15.2. The Morgan fingerprint density at radius 3 is 2.67 bits per heavy atom. The molecule has 3 aromatic rings. The summed E-state index contributed by atoms with van der Waals surface area (Å²) in [5.41, 5.74) is 0.107. The van der Waals surface area contributed by atoms with Crippen LogP contribution in [0.4, 0.5) is 11.5 Å². The van der Waals surface area contributed by atoms with E-state index in [0.29, 0.717) is 11.5 Å². The SMILES string of the molecule is CC(C)(C)NS(=O)(=O)c1cccc(Nc2ncnc3sccc23)c1. The molecule has 6 nitrogen and oxygen atoms in total. The maximum atomic E-state index is 12.5. The van der Waals surface area contributed by atoms with Gasteiger partial charge in [0.1, 0.15) is 17.0 Å². The Morgan fingerprint density at radius 2 is 1.92 bits per heavy atom. The number of aromatic nitrogens is 2. The smallest absolute Gasteiger partial charge is 0.241 e. The van der Waals surface area contributed by atoms with Crippen LogP contribution in [0, 0.1) is 0 Å². The van der Waals surface area contributed by atoms with E-state index >= 15 is 0 Å². The highest BCUT2D eigenvalue weighted by molar-refractivity contribution is 7.89. The van der Waals surface area contributed by atoms with Gasteiger partial charge in [0.05, 0.1) is 10.3 Å². The molecule has 0 amide bonds. The molecule has 2 aromatic heterocycles. The van der Waals surface area contributed by atoms with Gasteiger partial charge in [-0.15, -0.1) is 11.3 Å². The van der Waals surface area contributed by atoms with Gasteiger partial charge in [0, 0.05) is 11.2 Å². The highest BCUT2D eigenvalue weighted by Gasteiger charge is 2.22. The van der Waals surface area contributed by atoms with Crippen molar-refractivity contribution in [2.75, 3.05) is 5.32 Å². The lowest BCUT2D eigenvalue weighted by molar-refractivity contribution is 0.491. The number of hydrogen-bond acceptors (Lipinski definition) is 6. The second-order valence-electron chi connectivity index (χ2n) is 6.37. The monoisotopic (exact) mass is 362 g/mol. The third kappa shape index (κ3) is 3.72. The van der Waals surface area contributed by atoms with Crippen LogP contribution in [0.3, 0.4) is 0 Å². The summed E-state index contributed by atoms with van der Waals surface area (Å²) < 4.78 is 27.6. The van der Waals surface area contributed by atoms with Crippen LogP contribution >= 0.6 is 11.3 Å². The molecule has 2 heterocycles. The van der Waals surface area contributed by atoms with Gasteiger partial charge in [-0.25, -0.2) is 23.1 Å². The van der Waals surface area contributed by atoms with Gasteiger partial charge in [0.2, 0.25) is 10.0 Å². The first-order valence-corrected chi connectivity index (χ1v) is 9.70. The summed E-state index contributed by atoms with van der Waals surface area (Å²) in [6.07, 6.45) is 1.49. The Kier molecular flexibility index (Phi) is 4.29. The van der Waals surface area contributed by atoms with E-state index in [2.05, 4.69) is 20.0 Å². The molecule has 8 heteroatoms. The summed E-state index contributed by atoms with van der Waals surface area (Å²) in [7, 11) is -3.59. The minimum absolute atomic E-state index is 0.207. The molecule has 3 rings (SSSR count). The number of benzene rings is 1. The molecule has 0 radical (unpaired) electrons. The highest BCUT2D eigenvalue weighted by Crippen LogP contribution is 2.27.